The first kappa shape index (κ1) is 34.5. The van der Waals surface area contributed by atoms with E-state index in [-0.39, 0.29) is 45.9 Å². The molecule has 0 spiro atoms. The van der Waals surface area contributed by atoms with Crippen molar-refractivity contribution in [1.82, 2.24) is 9.80 Å². The zero-order valence-electron chi connectivity index (χ0n) is 25.1. The zero-order chi connectivity index (χ0) is 32.4. The Labute approximate surface area is 260 Å². The highest BCUT2D eigenvalue weighted by atomic mass is 35.5. The molecule has 0 radical (unpaired) electrons. The lowest BCUT2D eigenvalue weighted by Crippen LogP contribution is -2.41. The first-order chi connectivity index (χ1) is 21.1. The number of ketones is 1. The molecule has 5 nitrogen and oxygen atoms in total. The third-order valence-electron chi connectivity index (χ3n) is 6.90. The van der Waals surface area contributed by atoms with Gasteiger partial charge in [-0.15, -0.1) is 0 Å². The highest BCUT2D eigenvalue weighted by molar-refractivity contribution is 6.32. The Bertz CT molecular complexity index is 1480. The Morgan fingerprint density at radius 2 is 1.36 bits per heavy atom. The van der Waals surface area contributed by atoms with Crippen molar-refractivity contribution in [3.8, 4) is 5.75 Å². The van der Waals surface area contributed by atoms with Crippen LogP contribution in [0.25, 0.3) is 12.2 Å². The number of likely N-dealkylation sites (tertiary alicyclic amines) is 1. The lowest BCUT2D eigenvalue weighted by atomic mass is 9.93. The number of nitrogens with zero attached hydrogens (tertiary/aromatic N) is 2. The van der Waals surface area contributed by atoms with E-state index < -0.39 is 35.0 Å². The summed E-state index contributed by atoms with van der Waals surface area (Å²) in [6.45, 7) is 10.8. The molecule has 0 aromatic heterocycles. The lowest BCUT2D eigenvalue weighted by molar-refractivity contribution is -0.113. The van der Waals surface area contributed by atoms with Crippen LogP contribution in [0.1, 0.15) is 49.2 Å². The van der Waals surface area contributed by atoms with Gasteiger partial charge in [0, 0.05) is 23.3 Å². The van der Waals surface area contributed by atoms with Gasteiger partial charge in [-0.3, -0.25) is 9.59 Å². The van der Waals surface area contributed by atoms with E-state index in [2.05, 4.69) is 18.7 Å². The summed E-state index contributed by atoms with van der Waals surface area (Å²) in [6, 6.07) is 11.0. The molecular weight excluding hydrogens is 596 g/mol. The quantitative estimate of drug-likeness (QED) is 0.179. The monoisotopic (exact) mass is 630 g/mol. The summed E-state index contributed by atoms with van der Waals surface area (Å²) in [5.41, 5.74) is 0.916. The second-order valence-electron chi connectivity index (χ2n) is 9.70. The molecule has 234 valence electrons. The van der Waals surface area contributed by atoms with Crippen molar-refractivity contribution in [1.29, 1.82) is 0 Å². The minimum absolute atomic E-state index is 0.122. The van der Waals surface area contributed by atoms with Crippen LogP contribution in [0.3, 0.4) is 0 Å². The number of benzene rings is 3. The number of amides is 1. The lowest BCUT2D eigenvalue weighted by Gasteiger charge is -2.30. The van der Waals surface area contributed by atoms with Crippen molar-refractivity contribution < 1.29 is 31.9 Å². The van der Waals surface area contributed by atoms with Gasteiger partial charge in [0.25, 0.3) is 5.91 Å². The molecule has 0 unspecified atom stereocenters. The van der Waals surface area contributed by atoms with Crippen molar-refractivity contribution in [2.24, 2.45) is 0 Å². The number of rotatable bonds is 9. The highest BCUT2D eigenvalue weighted by Crippen LogP contribution is 2.29. The van der Waals surface area contributed by atoms with E-state index in [1.54, 1.807) is 12.1 Å². The summed E-state index contributed by atoms with van der Waals surface area (Å²) >= 11 is 6.43. The molecule has 0 bridgehead atoms. The van der Waals surface area contributed by atoms with Crippen molar-refractivity contribution >= 4 is 35.4 Å². The average molecular weight is 631 g/mol. The number of halogens is 5. The van der Waals surface area contributed by atoms with Crippen molar-refractivity contribution in [3.63, 3.8) is 0 Å². The molecule has 44 heavy (non-hydrogen) atoms. The van der Waals surface area contributed by atoms with E-state index in [1.807, 2.05) is 13.8 Å². The van der Waals surface area contributed by atoms with Gasteiger partial charge in [-0.1, -0.05) is 51.4 Å². The fourth-order valence-electron chi connectivity index (χ4n) is 4.55. The Morgan fingerprint density at radius 3 is 1.82 bits per heavy atom. The van der Waals surface area contributed by atoms with E-state index in [0.29, 0.717) is 18.9 Å². The number of Topliss-reactive ketones (excluding diaryl/α,β-unsaturated/α-hetero) is 1. The van der Waals surface area contributed by atoms with Crippen LogP contribution in [0.15, 0.2) is 65.7 Å². The van der Waals surface area contributed by atoms with Gasteiger partial charge >= 0.3 is 0 Å². The molecule has 1 heterocycles. The second-order valence-corrected chi connectivity index (χ2v) is 10.1. The number of ether oxygens (including phenoxy) is 1. The molecule has 3 aromatic rings. The topological polar surface area (TPSA) is 49.9 Å². The number of likely N-dealkylation sites (N-methyl/N-ethyl adjacent to an activating group) is 1. The van der Waals surface area contributed by atoms with Gasteiger partial charge in [0.1, 0.15) is 12.4 Å². The molecule has 1 aliphatic rings. The minimum Gasteiger partial charge on any atom is -0.491 e. The van der Waals surface area contributed by atoms with E-state index in [0.717, 1.165) is 37.4 Å². The van der Waals surface area contributed by atoms with Crippen LogP contribution >= 0.6 is 11.6 Å². The molecular formula is C34H35ClF4N2O3. The fourth-order valence-corrected chi connectivity index (χ4v) is 4.78. The summed E-state index contributed by atoms with van der Waals surface area (Å²) < 4.78 is 60.4. The molecule has 10 heteroatoms. The van der Waals surface area contributed by atoms with Gasteiger partial charge in [-0.2, -0.15) is 0 Å². The predicted octanol–water partition coefficient (Wildman–Crippen LogP) is 7.84. The Hall–Kier alpha value is -3.95. The first-order valence-corrected chi connectivity index (χ1v) is 14.8. The molecule has 3 aromatic carbocycles. The van der Waals surface area contributed by atoms with Gasteiger partial charge in [0.15, 0.2) is 29.1 Å². The largest absolute Gasteiger partial charge is 0.491 e. The van der Waals surface area contributed by atoms with Gasteiger partial charge in [-0.25, -0.2) is 17.6 Å². The molecule has 0 atom stereocenters. The minimum atomic E-state index is -1.09. The van der Waals surface area contributed by atoms with E-state index in [1.165, 1.54) is 35.3 Å². The molecule has 1 fully saturated rings. The molecule has 1 amide bonds. The number of carbonyl (C=O) groups excluding carboxylic acids is 2. The van der Waals surface area contributed by atoms with Crippen molar-refractivity contribution in [3.05, 3.63) is 111 Å². The smallest absolute Gasteiger partial charge is 0.254 e. The zero-order valence-corrected chi connectivity index (χ0v) is 25.9. The van der Waals surface area contributed by atoms with Crippen LogP contribution in [0.4, 0.5) is 17.6 Å². The molecule has 1 aliphatic heterocycles. The van der Waals surface area contributed by atoms with Crippen LogP contribution in [-0.4, -0.2) is 60.8 Å². The number of hydrogen-bond donors (Lipinski definition) is 0. The first-order valence-electron chi connectivity index (χ1n) is 14.4. The number of carbonyl (C=O) groups is 2. The van der Waals surface area contributed by atoms with E-state index in [4.69, 9.17) is 16.3 Å². The second kappa shape index (κ2) is 16.2. The maximum Gasteiger partial charge on any atom is 0.254 e. The summed E-state index contributed by atoms with van der Waals surface area (Å²) in [6.07, 6.45) is 2.73. The Balaban J connectivity index is 0.00000259. The normalized spacial score (nSPS) is 15.0. The van der Waals surface area contributed by atoms with Crippen LogP contribution in [-0.2, 0) is 4.79 Å². The molecule has 0 saturated carbocycles. The summed E-state index contributed by atoms with van der Waals surface area (Å²) in [5.74, 6) is -4.76. The average Bonchev–Trinajstić information content (AvgIpc) is 3.02. The molecule has 4 rings (SSSR count). The third-order valence-corrected chi connectivity index (χ3v) is 7.20. The van der Waals surface area contributed by atoms with E-state index >= 15 is 0 Å². The van der Waals surface area contributed by atoms with Gasteiger partial charge in [0.2, 0.25) is 0 Å². The predicted molar refractivity (Wildman–Crippen MR) is 166 cm³/mol. The highest BCUT2D eigenvalue weighted by Gasteiger charge is 2.30. The van der Waals surface area contributed by atoms with Gasteiger partial charge < -0.3 is 14.5 Å². The molecule has 0 aliphatic carbocycles. The Kier molecular flexibility index (Phi) is 12.7. The number of hydrogen-bond acceptors (Lipinski definition) is 4. The maximum atomic E-state index is 13.9. The number of piperidine rings is 1. The standard InChI is InChI=1S/C32H29ClF4N2O3.C2H6/c1-3-38(4-2)11-12-42-30-10-7-22(17-25(30)33)32(41)39-18-23(13-20-5-8-26(34)28(36)15-20)31(40)24(19-39)14-21-6-9-27(35)29(37)16-21;1-2/h5-10,13-17H,3-4,11-12,18-19H2,1-2H3;1-2H3/b23-13+,24-14+;. The summed E-state index contributed by atoms with van der Waals surface area (Å²) in [7, 11) is 0. The third kappa shape index (κ3) is 8.80. The summed E-state index contributed by atoms with van der Waals surface area (Å²) in [5, 5.41) is 0.239. The van der Waals surface area contributed by atoms with E-state index in [9.17, 15) is 27.2 Å². The molecule has 0 N–H and O–H groups in total. The van der Waals surface area contributed by atoms with Crippen LogP contribution in [0.2, 0.25) is 5.02 Å². The SMILES string of the molecule is CC.CCN(CC)CCOc1ccc(C(=O)N2C/C(=C\c3ccc(F)c(F)c3)C(=O)/C(=C/c3ccc(F)c(F)c3)C2)cc1Cl. The summed E-state index contributed by atoms with van der Waals surface area (Å²) in [4.78, 5) is 30.5. The van der Waals surface area contributed by atoms with Crippen LogP contribution in [0, 0.1) is 23.3 Å². The van der Waals surface area contributed by atoms with Crippen LogP contribution < -0.4 is 4.74 Å². The van der Waals surface area contributed by atoms with Gasteiger partial charge in [0.05, 0.1) is 18.1 Å². The maximum absolute atomic E-state index is 13.9. The Morgan fingerprint density at radius 1 is 0.841 bits per heavy atom. The van der Waals surface area contributed by atoms with Gasteiger partial charge in [-0.05, 0) is 78.8 Å². The van der Waals surface area contributed by atoms with Crippen molar-refractivity contribution in [2.75, 3.05) is 39.3 Å². The fraction of sp³-hybridized carbons (Fsp3) is 0.294. The molecule has 1 saturated heterocycles. The van der Waals surface area contributed by atoms with Crippen molar-refractivity contribution in [2.45, 2.75) is 27.7 Å². The van der Waals surface area contributed by atoms with Crippen LogP contribution in [0.5, 0.6) is 5.75 Å².